The Labute approximate surface area is 213 Å². The summed E-state index contributed by atoms with van der Waals surface area (Å²) in [7, 11) is 0. The largest absolute Gasteiger partial charge is 0.356 e. The van der Waals surface area contributed by atoms with E-state index >= 15 is 0 Å². The molecule has 0 bridgehead atoms. The van der Waals surface area contributed by atoms with Crippen LogP contribution in [0.2, 0.25) is 0 Å². The summed E-state index contributed by atoms with van der Waals surface area (Å²) in [5.74, 6) is 0. The van der Waals surface area contributed by atoms with Crippen molar-refractivity contribution >= 4 is 27.7 Å². The molecule has 0 spiro atoms. The van der Waals surface area contributed by atoms with Gasteiger partial charge in [0.2, 0.25) is 0 Å². The van der Waals surface area contributed by atoms with E-state index in [0.717, 1.165) is 30.6 Å². The molecule has 0 fully saturated rings. The van der Waals surface area contributed by atoms with E-state index in [1.807, 2.05) is 18.2 Å². The third-order valence-electron chi connectivity index (χ3n) is 7.00. The lowest BCUT2D eigenvalue weighted by Gasteiger charge is -2.16. The van der Waals surface area contributed by atoms with Gasteiger partial charge in [-0.3, -0.25) is 0 Å². The molecule has 0 radical (unpaired) electrons. The maximum Gasteiger partial charge on any atom is 0.0384 e. The molecule has 0 amide bonds. The van der Waals surface area contributed by atoms with Crippen LogP contribution < -0.4 is 5.32 Å². The van der Waals surface area contributed by atoms with Crippen LogP contribution in [0.3, 0.4) is 0 Å². The van der Waals surface area contributed by atoms with E-state index in [0.29, 0.717) is 0 Å². The SMILES string of the molecule is C1=C(Cc2ccccc2)CCC(c2ccc3ccc(-c4ccc(Nc5ccccc5)cc4)cc3c2)=C1. The van der Waals surface area contributed by atoms with Gasteiger partial charge in [-0.15, -0.1) is 0 Å². The van der Waals surface area contributed by atoms with Crippen LogP contribution in [0.15, 0.2) is 139 Å². The first-order chi connectivity index (χ1) is 17.8. The molecule has 1 N–H and O–H groups in total. The van der Waals surface area contributed by atoms with E-state index in [1.54, 1.807) is 0 Å². The predicted molar refractivity (Wildman–Crippen MR) is 155 cm³/mol. The first-order valence-electron chi connectivity index (χ1n) is 12.7. The number of fused-ring (bicyclic) bond motifs is 1. The smallest absolute Gasteiger partial charge is 0.0384 e. The van der Waals surface area contributed by atoms with Crippen molar-refractivity contribution in [2.75, 3.05) is 5.32 Å². The Bertz CT molecular complexity index is 1540. The Balaban J connectivity index is 1.22. The number of benzene rings is 5. The second kappa shape index (κ2) is 10.1. The van der Waals surface area contributed by atoms with Crippen LogP contribution >= 0.6 is 0 Å². The van der Waals surface area contributed by atoms with Gasteiger partial charge in [0, 0.05) is 11.4 Å². The van der Waals surface area contributed by atoms with Crippen molar-refractivity contribution in [3.63, 3.8) is 0 Å². The summed E-state index contributed by atoms with van der Waals surface area (Å²) >= 11 is 0. The molecule has 0 aliphatic heterocycles. The molecule has 1 nitrogen and oxygen atoms in total. The molecule has 0 heterocycles. The highest BCUT2D eigenvalue weighted by atomic mass is 14.9. The quantitative estimate of drug-likeness (QED) is 0.264. The van der Waals surface area contributed by atoms with Gasteiger partial charge in [0.1, 0.15) is 0 Å². The van der Waals surface area contributed by atoms with Gasteiger partial charge in [-0.25, -0.2) is 0 Å². The van der Waals surface area contributed by atoms with Crippen molar-refractivity contribution in [1.82, 2.24) is 0 Å². The third kappa shape index (κ3) is 5.01. The van der Waals surface area contributed by atoms with Gasteiger partial charge < -0.3 is 5.32 Å². The topological polar surface area (TPSA) is 12.0 Å². The van der Waals surface area contributed by atoms with Gasteiger partial charge in [-0.2, -0.15) is 0 Å². The normalized spacial score (nSPS) is 13.2. The van der Waals surface area contributed by atoms with E-state index in [-0.39, 0.29) is 0 Å². The zero-order valence-corrected chi connectivity index (χ0v) is 20.3. The minimum absolute atomic E-state index is 1.05. The molecule has 0 aromatic heterocycles. The average Bonchev–Trinajstić information content (AvgIpc) is 2.94. The zero-order valence-electron chi connectivity index (χ0n) is 20.3. The Hall–Kier alpha value is -4.36. The second-order valence-electron chi connectivity index (χ2n) is 9.52. The lowest BCUT2D eigenvalue weighted by atomic mass is 9.89. The number of para-hydroxylation sites is 1. The van der Waals surface area contributed by atoms with Crippen LogP contribution in [0.1, 0.15) is 24.0 Å². The summed E-state index contributed by atoms with van der Waals surface area (Å²) in [6.07, 6.45) is 7.93. The van der Waals surface area contributed by atoms with Crippen LogP contribution in [-0.4, -0.2) is 0 Å². The van der Waals surface area contributed by atoms with Crippen LogP contribution in [0.5, 0.6) is 0 Å². The Morgan fingerprint density at radius 3 is 1.86 bits per heavy atom. The summed E-state index contributed by atoms with van der Waals surface area (Å²) in [6.45, 7) is 0. The van der Waals surface area contributed by atoms with Crippen molar-refractivity contribution in [3.8, 4) is 11.1 Å². The van der Waals surface area contributed by atoms with Crippen molar-refractivity contribution in [2.45, 2.75) is 19.3 Å². The lowest BCUT2D eigenvalue weighted by Crippen LogP contribution is -1.97. The number of anilines is 2. The molecule has 1 aliphatic carbocycles. The molecular weight excluding hydrogens is 434 g/mol. The molecular formula is C35H29N. The Morgan fingerprint density at radius 2 is 1.14 bits per heavy atom. The minimum atomic E-state index is 1.05. The van der Waals surface area contributed by atoms with Gasteiger partial charge in [-0.1, -0.05) is 103 Å². The van der Waals surface area contributed by atoms with Crippen molar-refractivity contribution in [3.05, 3.63) is 150 Å². The molecule has 6 rings (SSSR count). The summed E-state index contributed by atoms with van der Waals surface area (Å²) in [5.41, 5.74) is 10.3. The highest BCUT2D eigenvalue weighted by Crippen LogP contribution is 2.32. The number of hydrogen-bond donors (Lipinski definition) is 1. The predicted octanol–water partition coefficient (Wildman–Crippen LogP) is 9.60. The maximum atomic E-state index is 3.46. The standard InChI is InChI=1S/C35H29N/c1-3-7-26(8-4-1)23-27-11-13-28(14-12-27)31-17-15-30-16-18-32(25-33(30)24-31)29-19-21-35(22-20-29)36-34-9-5-2-6-10-34/h1-11,13,15-22,24-25,36H,12,14,23H2. The molecule has 0 unspecified atom stereocenters. The average molecular weight is 464 g/mol. The van der Waals surface area contributed by atoms with Gasteiger partial charge in [0.05, 0.1) is 0 Å². The summed E-state index contributed by atoms with van der Waals surface area (Å²) in [6, 6.07) is 43.4. The van der Waals surface area contributed by atoms with E-state index in [4.69, 9.17) is 0 Å². The number of allylic oxidation sites excluding steroid dienone is 4. The van der Waals surface area contributed by atoms with E-state index < -0.39 is 0 Å². The molecule has 1 heteroatoms. The van der Waals surface area contributed by atoms with Crippen molar-refractivity contribution < 1.29 is 0 Å². The number of hydrogen-bond acceptors (Lipinski definition) is 1. The minimum Gasteiger partial charge on any atom is -0.356 e. The van der Waals surface area contributed by atoms with Crippen LogP contribution in [0.4, 0.5) is 11.4 Å². The highest BCUT2D eigenvalue weighted by molar-refractivity contribution is 5.90. The zero-order chi connectivity index (χ0) is 24.2. The molecule has 0 saturated heterocycles. The number of rotatable bonds is 6. The summed E-state index contributed by atoms with van der Waals surface area (Å²) in [4.78, 5) is 0. The lowest BCUT2D eigenvalue weighted by molar-refractivity contribution is 0.923. The Kier molecular flexibility index (Phi) is 6.20. The van der Waals surface area contributed by atoms with Gasteiger partial charge >= 0.3 is 0 Å². The van der Waals surface area contributed by atoms with Gasteiger partial charge in [-0.05, 0) is 94.3 Å². The first kappa shape index (κ1) is 22.1. The van der Waals surface area contributed by atoms with Crippen molar-refractivity contribution in [2.24, 2.45) is 0 Å². The molecule has 1 aliphatic rings. The van der Waals surface area contributed by atoms with Gasteiger partial charge in [0.15, 0.2) is 0 Å². The Morgan fingerprint density at radius 1 is 0.500 bits per heavy atom. The summed E-state index contributed by atoms with van der Waals surface area (Å²) < 4.78 is 0. The maximum absolute atomic E-state index is 3.46. The summed E-state index contributed by atoms with van der Waals surface area (Å²) in [5, 5.41) is 6.03. The fourth-order valence-corrected chi connectivity index (χ4v) is 4.99. The van der Waals surface area contributed by atoms with E-state index in [1.165, 1.54) is 44.2 Å². The molecule has 0 atom stereocenters. The van der Waals surface area contributed by atoms with Crippen molar-refractivity contribution in [1.29, 1.82) is 0 Å². The number of nitrogens with one attached hydrogen (secondary N) is 1. The molecule has 174 valence electrons. The molecule has 5 aromatic rings. The highest BCUT2D eigenvalue weighted by Gasteiger charge is 2.10. The van der Waals surface area contributed by atoms with Crippen LogP contribution in [-0.2, 0) is 6.42 Å². The molecule has 0 saturated carbocycles. The third-order valence-corrected chi connectivity index (χ3v) is 7.00. The fraction of sp³-hybridized carbons (Fsp3) is 0.0857. The first-order valence-corrected chi connectivity index (χ1v) is 12.7. The monoisotopic (exact) mass is 463 g/mol. The van der Waals surface area contributed by atoms with Crippen LogP contribution in [0, 0.1) is 0 Å². The molecule has 36 heavy (non-hydrogen) atoms. The van der Waals surface area contributed by atoms with E-state index in [2.05, 4.69) is 121 Å². The molecule has 5 aromatic carbocycles. The fourth-order valence-electron chi connectivity index (χ4n) is 4.99. The van der Waals surface area contributed by atoms with E-state index in [9.17, 15) is 0 Å². The second-order valence-corrected chi connectivity index (χ2v) is 9.52. The van der Waals surface area contributed by atoms with Gasteiger partial charge in [0.25, 0.3) is 0 Å². The van der Waals surface area contributed by atoms with Crippen LogP contribution in [0.25, 0.3) is 27.5 Å².